The van der Waals surface area contributed by atoms with E-state index in [-0.39, 0.29) is 0 Å². The zero-order chi connectivity index (χ0) is 11.7. The van der Waals surface area contributed by atoms with Gasteiger partial charge in [0.05, 0.1) is 0 Å². The van der Waals surface area contributed by atoms with Crippen molar-refractivity contribution >= 4 is 26.5 Å². The minimum absolute atomic E-state index is 0.887. The molecule has 0 saturated carbocycles. The summed E-state index contributed by atoms with van der Waals surface area (Å²) >= 11 is 3.10. The summed E-state index contributed by atoms with van der Waals surface area (Å²) in [5, 5.41) is 1.12. The van der Waals surface area contributed by atoms with Gasteiger partial charge >= 0.3 is 107 Å². The Bertz CT molecular complexity index is 714. The van der Waals surface area contributed by atoms with Gasteiger partial charge in [-0.1, -0.05) is 0 Å². The van der Waals surface area contributed by atoms with Crippen LogP contribution in [0.2, 0.25) is 0 Å². The Morgan fingerprint density at radius 3 is 2.35 bits per heavy atom. The van der Waals surface area contributed by atoms with E-state index < -0.39 is 0 Å². The molecule has 2 aromatic carbocycles. The summed E-state index contributed by atoms with van der Waals surface area (Å²) < 4.78 is 7.03. The van der Waals surface area contributed by atoms with E-state index >= 15 is 0 Å². The van der Waals surface area contributed by atoms with E-state index in [1.54, 1.807) is 0 Å². The molecule has 0 aliphatic carbocycles. The van der Waals surface area contributed by atoms with E-state index in [2.05, 4.69) is 21.6 Å². The Kier molecular flexibility index (Phi) is 2.68. The molecule has 1 nitrogen and oxygen atoms in total. The van der Waals surface area contributed by atoms with Crippen molar-refractivity contribution in [3.05, 3.63) is 64.7 Å². The number of rotatable bonds is 1. The molecular weight excluding hydrogens is 275 g/mol. The first-order valence-corrected chi connectivity index (χ1v) is 6.28. The molecule has 0 saturated heterocycles. The fraction of sp³-hybridized carbons (Fsp3) is 0. The second-order valence-electron chi connectivity index (χ2n) is 3.84. The van der Waals surface area contributed by atoms with E-state index in [4.69, 9.17) is 4.42 Å². The fourth-order valence-corrected chi connectivity index (χ4v) is 2.43. The summed E-state index contributed by atoms with van der Waals surface area (Å²) in [5.41, 5.74) is 2.00. The molecule has 0 unspecified atom stereocenters. The van der Waals surface area contributed by atoms with Crippen LogP contribution < -0.4 is 0 Å². The van der Waals surface area contributed by atoms with Crippen LogP contribution in [0.3, 0.4) is 0 Å². The molecule has 1 heterocycles. The second kappa shape index (κ2) is 4.32. The zero-order valence-corrected chi connectivity index (χ0v) is 10.8. The van der Waals surface area contributed by atoms with Crippen molar-refractivity contribution in [2.45, 2.75) is 0 Å². The van der Waals surface area contributed by atoms with Crippen molar-refractivity contribution in [2.75, 3.05) is 0 Å². The van der Waals surface area contributed by atoms with Crippen LogP contribution in [0, 0.1) is 4.06 Å². The summed E-state index contributed by atoms with van der Waals surface area (Å²) in [7, 11) is 0. The Morgan fingerprint density at radius 2 is 1.53 bits per heavy atom. The van der Waals surface area contributed by atoms with Crippen LogP contribution in [0.25, 0.3) is 22.3 Å². The average Bonchev–Trinajstić information content (AvgIpc) is 2.40. The first kappa shape index (κ1) is 10.5. The Hall–Kier alpha value is -1.63. The molecule has 0 aliphatic rings. The Labute approximate surface area is 107 Å². The van der Waals surface area contributed by atoms with Crippen LogP contribution in [0.15, 0.2) is 65.1 Å². The summed E-state index contributed by atoms with van der Waals surface area (Å²) in [5.74, 6) is 0.887. The van der Waals surface area contributed by atoms with Crippen molar-refractivity contribution in [1.82, 2.24) is 0 Å². The normalized spacial score (nSPS) is 10.6. The maximum atomic E-state index is 5.91. The number of fused-ring (bicyclic) bond motifs is 1. The van der Waals surface area contributed by atoms with E-state index in [1.807, 2.05) is 54.6 Å². The van der Waals surface area contributed by atoms with E-state index in [1.165, 1.54) is 0 Å². The van der Waals surface area contributed by atoms with Gasteiger partial charge in [0, 0.05) is 0 Å². The van der Waals surface area contributed by atoms with Gasteiger partial charge < -0.3 is 0 Å². The summed E-state index contributed by atoms with van der Waals surface area (Å²) in [6.07, 6.45) is 0. The number of hydrogen-bond donors (Lipinski definition) is 0. The van der Waals surface area contributed by atoms with Gasteiger partial charge in [-0.15, -0.1) is 0 Å². The quantitative estimate of drug-likeness (QED) is 0.620. The third-order valence-electron chi connectivity index (χ3n) is 2.69. The molecule has 17 heavy (non-hydrogen) atoms. The summed E-state index contributed by atoms with van der Waals surface area (Å²) in [6.45, 7) is 0. The van der Waals surface area contributed by atoms with Gasteiger partial charge in [-0.2, -0.15) is 0 Å². The molecule has 2 heteroatoms. The van der Waals surface area contributed by atoms with Gasteiger partial charge in [-0.3, -0.25) is 0 Å². The molecule has 0 atom stereocenters. The van der Waals surface area contributed by atoms with Crippen LogP contribution in [0.4, 0.5) is 0 Å². The van der Waals surface area contributed by atoms with Crippen molar-refractivity contribution in [2.24, 2.45) is 0 Å². The minimum atomic E-state index is 0.887. The first-order valence-electron chi connectivity index (χ1n) is 5.43. The maximum absolute atomic E-state index is 5.91. The van der Waals surface area contributed by atoms with Crippen molar-refractivity contribution in [1.29, 1.82) is 0 Å². The molecule has 0 fully saturated rings. The van der Waals surface area contributed by atoms with Gasteiger partial charge in [0.1, 0.15) is 0 Å². The van der Waals surface area contributed by atoms with Crippen LogP contribution in [-0.2, 0) is 0 Å². The van der Waals surface area contributed by atoms with Gasteiger partial charge in [-0.25, -0.2) is 0 Å². The van der Waals surface area contributed by atoms with Gasteiger partial charge in [-0.05, 0) is 0 Å². The SMILES string of the molecule is [Se]=c1cc(-c2ccccc2)oc2ccccc12. The van der Waals surface area contributed by atoms with Crippen molar-refractivity contribution in [3.63, 3.8) is 0 Å². The standard InChI is InChI=1S/C15H10OSe/c17-15-10-14(11-6-2-1-3-7-11)16-13-9-5-4-8-12(13)15/h1-10H. The third kappa shape index (κ3) is 1.97. The first-order chi connectivity index (χ1) is 8.34. The fourth-order valence-electron chi connectivity index (χ4n) is 1.85. The predicted octanol–water partition coefficient (Wildman–Crippen LogP) is 3.80. The zero-order valence-electron chi connectivity index (χ0n) is 9.09. The summed E-state index contributed by atoms with van der Waals surface area (Å²) in [6, 6.07) is 20.2. The topological polar surface area (TPSA) is 13.1 Å². The molecule has 0 spiro atoms. The van der Waals surface area contributed by atoms with Crippen LogP contribution in [-0.4, -0.2) is 15.6 Å². The van der Waals surface area contributed by atoms with Crippen molar-refractivity contribution in [3.8, 4) is 11.3 Å². The van der Waals surface area contributed by atoms with E-state index in [9.17, 15) is 0 Å². The molecule has 0 N–H and O–H groups in total. The van der Waals surface area contributed by atoms with Gasteiger partial charge in [0.2, 0.25) is 0 Å². The average molecular weight is 285 g/mol. The number of hydrogen-bond acceptors (Lipinski definition) is 1. The predicted molar refractivity (Wildman–Crippen MR) is 70.6 cm³/mol. The van der Waals surface area contributed by atoms with Crippen LogP contribution in [0.1, 0.15) is 0 Å². The van der Waals surface area contributed by atoms with Crippen LogP contribution in [0.5, 0.6) is 0 Å². The monoisotopic (exact) mass is 286 g/mol. The molecule has 0 aliphatic heterocycles. The molecule has 82 valence electrons. The van der Waals surface area contributed by atoms with E-state index in [0.29, 0.717) is 0 Å². The molecule has 3 rings (SSSR count). The van der Waals surface area contributed by atoms with Crippen LogP contribution >= 0.6 is 0 Å². The second-order valence-corrected chi connectivity index (χ2v) is 4.76. The van der Waals surface area contributed by atoms with E-state index in [0.717, 1.165) is 26.4 Å². The molecular formula is C15H10OSe. The summed E-state index contributed by atoms with van der Waals surface area (Å²) in [4.78, 5) is 0. The molecule has 1 aromatic heterocycles. The molecule has 3 aromatic rings. The Balaban J connectivity index is 2.30. The molecule has 0 bridgehead atoms. The third-order valence-corrected chi connectivity index (χ3v) is 3.40. The number of para-hydroxylation sites is 1. The number of benzene rings is 2. The van der Waals surface area contributed by atoms with Gasteiger partial charge in [0.15, 0.2) is 0 Å². The Morgan fingerprint density at radius 1 is 0.824 bits per heavy atom. The van der Waals surface area contributed by atoms with Gasteiger partial charge in [0.25, 0.3) is 0 Å². The molecule has 0 amide bonds. The van der Waals surface area contributed by atoms with Crippen molar-refractivity contribution < 1.29 is 4.42 Å². The molecule has 0 radical (unpaired) electrons.